The first-order valence-electron chi connectivity index (χ1n) is 6.23. The molecule has 0 saturated heterocycles. The normalized spacial score (nSPS) is 14.3. The molecule has 1 heterocycles. The van der Waals surface area contributed by atoms with Gasteiger partial charge in [0.2, 0.25) is 5.82 Å². The van der Waals surface area contributed by atoms with Crippen LogP contribution >= 0.6 is 11.6 Å². The Morgan fingerprint density at radius 1 is 1.47 bits per heavy atom. The highest BCUT2D eigenvalue weighted by molar-refractivity contribution is 6.31. The highest BCUT2D eigenvalue weighted by Gasteiger charge is 2.20. The van der Waals surface area contributed by atoms with E-state index < -0.39 is 0 Å². The van der Waals surface area contributed by atoms with Crippen LogP contribution in [0.2, 0.25) is 5.02 Å². The van der Waals surface area contributed by atoms with Gasteiger partial charge >= 0.3 is 0 Å². The van der Waals surface area contributed by atoms with Crippen LogP contribution in [0.3, 0.4) is 0 Å². The predicted octanol–water partition coefficient (Wildman–Crippen LogP) is 2.65. The molecule has 0 atom stereocenters. The van der Waals surface area contributed by atoms with E-state index in [1.165, 1.54) is 12.8 Å². The van der Waals surface area contributed by atoms with Crippen molar-refractivity contribution in [2.45, 2.75) is 25.4 Å². The average Bonchev–Trinajstić information content (AvgIpc) is 3.12. The molecular formula is C14H13ClN4. The largest absolute Gasteiger partial charge is 0.310 e. The number of nitrogens with one attached hydrogen (secondary N) is 1. The van der Waals surface area contributed by atoms with Gasteiger partial charge in [-0.1, -0.05) is 17.7 Å². The Balaban J connectivity index is 1.84. The molecule has 1 saturated carbocycles. The second kappa shape index (κ2) is 5.04. The number of hydrogen-bond donors (Lipinski definition) is 1. The molecule has 0 bridgehead atoms. The molecule has 5 heteroatoms. The highest BCUT2D eigenvalue weighted by Crippen LogP contribution is 2.23. The summed E-state index contributed by atoms with van der Waals surface area (Å²) in [5.74, 6) is 0.361. The number of rotatable bonds is 4. The summed E-state index contributed by atoms with van der Waals surface area (Å²) in [5, 5.41) is 13.1. The average molecular weight is 273 g/mol. The van der Waals surface area contributed by atoms with Crippen molar-refractivity contribution in [3.05, 3.63) is 47.0 Å². The molecule has 1 aromatic carbocycles. The lowest BCUT2D eigenvalue weighted by Crippen LogP contribution is -2.15. The molecule has 0 amide bonds. The molecule has 19 heavy (non-hydrogen) atoms. The fourth-order valence-corrected chi connectivity index (χ4v) is 2.21. The number of aromatic nitrogens is 2. The first kappa shape index (κ1) is 12.2. The summed E-state index contributed by atoms with van der Waals surface area (Å²) in [6, 6.07) is 8.53. The van der Waals surface area contributed by atoms with Crippen LogP contribution in [-0.2, 0) is 6.54 Å². The maximum Gasteiger partial charge on any atom is 0.217 e. The van der Waals surface area contributed by atoms with E-state index in [-0.39, 0.29) is 0 Å². The van der Waals surface area contributed by atoms with Crippen LogP contribution < -0.4 is 5.32 Å². The lowest BCUT2D eigenvalue weighted by atomic mass is 10.2. The molecule has 1 aromatic heterocycles. The minimum Gasteiger partial charge on any atom is -0.310 e. The maximum atomic E-state index is 8.97. The zero-order valence-corrected chi connectivity index (χ0v) is 11.1. The molecular weight excluding hydrogens is 260 g/mol. The van der Waals surface area contributed by atoms with Crippen LogP contribution in [0.1, 0.15) is 24.2 Å². The van der Waals surface area contributed by atoms with Gasteiger partial charge in [0.05, 0.1) is 0 Å². The van der Waals surface area contributed by atoms with Gasteiger partial charge in [-0.25, -0.2) is 4.98 Å². The molecule has 1 aliphatic carbocycles. The number of nitriles is 1. The topological polar surface area (TPSA) is 53.6 Å². The molecule has 96 valence electrons. The molecule has 3 rings (SSSR count). The van der Waals surface area contributed by atoms with Crippen molar-refractivity contribution in [1.82, 2.24) is 14.9 Å². The fraction of sp³-hybridized carbons (Fsp3) is 0.286. The van der Waals surface area contributed by atoms with Gasteiger partial charge in [0.15, 0.2) is 0 Å². The number of hydrogen-bond acceptors (Lipinski definition) is 3. The van der Waals surface area contributed by atoms with E-state index in [1.54, 1.807) is 17.0 Å². The van der Waals surface area contributed by atoms with E-state index in [2.05, 4.69) is 16.4 Å². The summed E-state index contributed by atoms with van der Waals surface area (Å²) in [6.07, 6.45) is 5.88. The van der Waals surface area contributed by atoms with Crippen molar-refractivity contribution >= 4 is 11.6 Å². The SMILES string of the molecule is N#Cc1nccn1-c1ccc(CNC2CC2)c(Cl)c1. The molecule has 1 aliphatic rings. The summed E-state index contributed by atoms with van der Waals surface area (Å²) in [5.41, 5.74) is 1.94. The van der Waals surface area contributed by atoms with Gasteiger partial charge in [0, 0.05) is 35.7 Å². The van der Waals surface area contributed by atoms with Crippen LogP contribution in [0.5, 0.6) is 0 Å². The van der Waals surface area contributed by atoms with Crippen molar-refractivity contribution in [2.24, 2.45) is 0 Å². The summed E-state index contributed by atoms with van der Waals surface area (Å²) < 4.78 is 1.73. The maximum absolute atomic E-state index is 8.97. The molecule has 2 aromatic rings. The van der Waals surface area contributed by atoms with E-state index in [9.17, 15) is 0 Å². The Hall–Kier alpha value is -1.83. The smallest absolute Gasteiger partial charge is 0.217 e. The standard InChI is InChI=1S/C14H13ClN4/c15-13-7-12(19-6-5-17-14(19)8-16)4-1-10(13)9-18-11-2-3-11/h1,4-7,11,18H,2-3,9H2. The molecule has 1 fully saturated rings. The molecule has 1 N–H and O–H groups in total. The van der Waals surface area contributed by atoms with Gasteiger partial charge in [0.25, 0.3) is 0 Å². The minimum atomic E-state index is 0.361. The zero-order chi connectivity index (χ0) is 13.2. The first-order valence-corrected chi connectivity index (χ1v) is 6.61. The Morgan fingerprint density at radius 2 is 2.32 bits per heavy atom. The third kappa shape index (κ3) is 2.62. The van der Waals surface area contributed by atoms with Crippen molar-refractivity contribution in [3.8, 4) is 11.8 Å². The number of imidazole rings is 1. The molecule has 0 aliphatic heterocycles. The van der Waals surface area contributed by atoms with Gasteiger partial charge < -0.3 is 5.32 Å². The number of benzene rings is 1. The van der Waals surface area contributed by atoms with E-state index in [0.717, 1.165) is 17.8 Å². The number of halogens is 1. The summed E-state index contributed by atoms with van der Waals surface area (Å²) >= 11 is 6.29. The van der Waals surface area contributed by atoms with Gasteiger partial charge in [-0.3, -0.25) is 4.57 Å². The van der Waals surface area contributed by atoms with Crippen LogP contribution in [0.25, 0.3) is 5.69 Å². The van der Waals surface area contributed by atoms with Crippen molar-refractivity contribution in [2.75, 3.05) is 0 Å². The van der Waals surface area contributed by atoms with E-state index in [1.807, 2.05) is 18.2 Å². The monoisotopic (exact) mass is 272 g/mol. The van der Waals surface area contributed by atoms with Crippen LogP contribution in [0.15, 0.2) is 30.6 Å². The zero-order valence-electron chi connectivity index (χ0n) is 10.3. The van der Waals surface area contributed by atoms with E-state index >= 15 is 0 Å². The van der Waals surface area contributed by atoms with E-state index in [4.69, 9.17) is 16.9 Å². The van der Waals surface area contributed by atoms with Crippen molar-refractivity contribution in [3.63, 3.8) is 0 Å². The van der Waals surface area contributed by atoms with Gasteiger partial charge in [-0.05, 0) is 30.5 Å². The Bertz CT molecular complexity index is 637. The Labute approximate surface area is 116 Å². The lowest BCUT2D eigenvalue weighted by molar-refractivity contribution is 0.688. The number of nitrogens with zero attached hydrogens (tertiary/aromatic N) is 3. The first-order chi connectivity index (χ1) is 9.28. The molecule has 0 unspecified atom stereocenters. The van der Waals surface area contributed by atoms with Gasteiger partial charge in [-0.15, -0.1) is 0 Å². The Kier molecular flexibility index (Phi) is 3.24. The fourth-order valence-electron chi connectivity index (χ4n) is 1.97. The molecule has 4 nitrogen and oxygen atoms in total. The second-order valence-corrected chi connectivity index (χ2v) is 5.07. The van der Waals surface area contributed by atoms with Gasteiger partial charge in [-0.2, -0.15) is 5.26 Å². The van der Waals surface area contributed by atoms with Crippen LogP contribution in [0, 0.1) is 11.3 Å². The second-order valence-electron chi connectivity index (χ2n) is 4.66. The molecule has 0 radical (unpaired) electrons. The van der Waals surface area contributed by atoms with Crippen molar-refractivity contribution in [1.29, 1.82) is 5.26 Å². The van der Waals surface area contributed by atoms with Crippen molar-refractivity contribution < 1.29 is 0 Å². The lowest BCUT2D eigenvalue weighted by Gasteiger charge is -2.09. The third-order valence-corrected chi connectivity index (χ3v) is 3.57. The minimum absolute atomic E-state index is 0.361. The van der Waals surface area contributed by atoms with E-state index in [0.29, 0.717) is 16.9 Å². The quantitative estimate of drug-likeness (QED) is 0.931. The Morgan fingerprint density at radius 3 is 3.00 bits per heavy atom. The highest BCUT2D eigenvalue weighted by atomic mass is 35.5. The summed E-state index contributed by atoms with van der Waals surface area (Å²) in [7, 11) is 0. The predicted molar refractivity (Wildman–Crippen MR) is 73.2 cm³/mol. The van der Waals surface area contributed by atoms with Crippen LogP contribution in [-0.4, -0.2) is 15.6 Å². The molecule has 0 spiro atoms. The van der Waals surface area contributed by atoms with Crippen LogP contribution in [0.4, 0.5) is 0 Å². The summed E-state index contributed by atoms with van der Waals surface area (Å²) in [6.45, 7) is 0.790. The van der Waals surface area contributed by atoms with Gasteiger partial charge in [0.1, 0.15) is 6.07 Å². The summed E-state index contributed by atoms with van der Waals surface area (Å²) in [4.78, 5) is 3.98. The third-order valence-electron chi connectivity index (χ3n) is 3.21.